The number of hydrogen-bond donors (Lipinski definition) is 1. The first-order valence-corrected chi connectivity index (χ1v) is 4.97. The summed E-state index contributed by atoms with van der Waals surface area (Å²) < 4.78 is 0. The molecule has 14 heavy (non-hydrogen) atoms. The third kappa shape index (κ3) is 1.76. The molecular weight excluding hydrogens is 174 g/mol. The number of nitrogens with one attached hydrogen (secondary N) is 1. The lowest BCUT2D eigenvalue weighted by molar-refractivity contribution is 1.07. The van der Waals surface area contributed by atoms with Gasteiger partial charge in [0, 0.05) is 22.5 Å². The molecule has 0 bridgehead atoms. The molecule has 0 aliphatic carbocycles. The Bertz CT molecular complexity index is 429. The van der Waals surface area contributed by atoms with Crippen molar-refractivity contribution >= 4 is 10.9 Å². The molecule has 3 nitrogen and oxygen atoms in total. The van der Waals surface area contributed by atoms with Crippen molar-refractivity contribution in [2.45, 2.75) is 34.6 Å². The van der Waals surface area contributed by atoms with E-state index in [9.17, 15) is 0 Å². The zero-order chi connectivity index (χ0) is 10.7. The van der Waals surface area contributed by atoms with E-state index in [0.717, 1.165) is 28.0 Å². The molecule has 0 fully saturated rings. The predicted octanol–water partition coefficient (Wildman–Crippen LogP) is 2.91. The van der Waals surface area contributed by atoms with Crippen LogP contribution < -0.4 is 0 Å². The highest BCUT2D eigenvalue weighted by Crippen LogP contribution is 2.18. The van der Waals surface area contributed by atoms with E-state index < -0.39 is 0 Å². The molecule has 2 rings (SSSR count). The number of rotatable bonds is 0. The largest absolute Gasteiger partial charge is 0.282 e. The van der Waals surface area contributed by atoms with Gasteiger partial charge in [-0.15, -0.1) is 0 Å². The van der Waals surface area contributed by atoms with E-state index in [1.54, 1.807) is 0 Å². The van der Waals surface area contributed by atoms with E-state index in [4.69, 9.17) is 0 Å². The van der Waals surface area contributed by atoms with Crippen molar-refractivity contribution in [3.63, 3.8) is 0 Å². The number of fused-ring (bicyclic) bond motifs is 1. The van der Waals surface area contributed by atoms with Crippen molar-refractivity contribution in [1.29, 1.82) is 0 Å². The molecule has 2 heterocycles. The summed E-state index contributed by atoms with van der Waals surface area (Å²) in [7, 11) is 0. The van der Waals surface area contributed by atoms with Crippen LogP contribution in [0.3, 0.4) is 0 Å². The molecule has 0 radical (unpaired) electrons. The van der Waals surface area contributed by atoms with E-state index in [2.05, 4.69) is 15.2 Å². The molecule has 0 saturated heterocycles. The van der Waals surface area contributed by atoms with Gasteiger partial charge in [0.05, 0.1) is 5.52 Å². The lowest BCUT2D eigenvalue weighted by Crippen LogP contribution is -1.86. The minimum absolute atomic E-state index is 1.01. The summed E-state index contributed by atoms with van der Waals surface area (Å²) in [6.07, 6.45) is 0. The maximum Gasteiger partial charge on any atom is 0.0959 e. The average molecular weight is 191 g/mol. The SMILES string of the molecule is CC.Cc1cc2n[nH]c(C)c2c(C)n1. The van der Waals surface area contributed by atoms with Gasteiger partial charge in [0.1, 0.15) is 0 Å². The molecule has 0 atom stereocenters. The topological polar surface area (TPSA) is 41.6 Å². The highest BCUT2D eigenvalue weighted by molar-refractivity contribution is 5.83. The summed E-state index contributed by atoms with van der Waals surface area (Å²) in [6.45, 7) is 10.0. The predicted molar refractivity (Wildman–Crippen MR) is 59.4 cm³/mol. The van der Waals surface area contributed by atoms with Gasteiger partial charge in [0.25, 0.3) is 0 Å². The molecular formula is C11H17N3. The van der Waals surface area contributed by atoms with Gasteiger partial charge in [-0.3, -0.25) is 10.1 Å². The molecule has 0 aliphatic rings. The van der Waals surface area contributed by atoms with Crippen molar-refractivity contribution in [2.24, 2.45) is 0 Å². The van der Waals surface area contributed by atoms with Crippen molar-refractivity contribution in [1.82, 2.24) is 15.2 Å². The standard InChI is InChI=1S/C9H11N3.C2H6/c1-5-4-8-9(6(2)10-5)7(3)11-12-8;1-2/h4H,1-3H3,(H,11,12);1-2H3. The van der Waals surface area contributed by atoms with Gasteiger partial charge in [-0.05, 0) is 26.8 Å². The van der Waals surface area contributed by atoms with Gasteiger partial charge < -0.3 is 0 Å². The molecule has 0 spiro atoms. The lowest BCUT2D eigenvalue weighted by Gasteiger charge is -1.97. The first kappa shape index (κ1) is 10.7. The Morgan fingerprint density at radius 2 is 1.79 bits per heavy atom. The van der Waals surface area contributed by atoms with E-state index in [1.807, 2.05) is 40.7 Å². The molecule has 0 aliphatic heterocycles. The van der Waals surface area contributed by atoms with Gasteiger partial charge in [-0.2, -0.15) is 5.10 Å². The zero-order valence-electron chi connectivity index (χ0n) is 9.47. The van der Waals surface area contributed by atoms with E-state index in [0.29, 0.717) is 0 Å². The number of nitrogens with zero attached hydrogens (tertiary/aromatic N) is 2. The van der Waals surface area contributed by atoms with Crippen LogP contribution in [-0.2, 0) is 0 Å². The molecule has 0 saturated carbocycles. The first-order chi connectivity index (χ1) is 6.68. The maximum absolute atomic E-state index is 4.37. The molecule has 76 valence electrons. The minimum atomic E-state index is 1.01. The molecule has 1 N–H and O–H groups in total. The fourth-order valence-electron chi connectivity index (χ4n) is 1.56. The van der Waals surface area contributed by atoms with Crippen LogP contribution in [-0.4, -0.2) is 15.2 Å². The number of H-pyrrole nitrogens is 1. The molecule has 0 unspecified atom stereocenters. The highest BCUT2D eigenvalue weighted by atomic mass is 15.1. The smallest absolute Gasteiger partial charge is 0.0959 e. The summed E-state index contributed by atoms with van der Waals surface area (Å²) in [6, 6.07) is 1.99. The molecule has 3 heteroatoms. The van der Waals surface area contributed by atoms with Crippen molar-refractivity contribution in [2.75, 3.05) is 0 Å². The average Bonchev–Trinajstić information content (AvgIpc) is 2.51. The Hall–Kier alpha value is -1.38. The second-order valence-electron chi connectivity index (χ2n) is 3.09. The quantitative estimate of drug-likeness (QED) is 0.695. The monoisotopic (exact) mass is 191 g/mol. The van der Waals surface area contributed by atoms with E-state index >= 15 is 0 Å². The van der Waals surface area contributed by atoms with Crippen LogP contribution in [0, 0.1) is 20.8 Å². The third-order valence-electron chi connectivity index (χ3n) is 2.03. The number of hydrogen-bond acceptors (Lipinski definition) is 2. The lowest BCUT2D eigenvalue weighted by atomic mass is 10.2. The Morgan fingerprint density at radius 3 is 2.43 bits per heavy atom. The summed E-state index contributed by atoms with van der Waals surface area (Å²) in [5.41, 5.74) is 4.18. The summed E-state index contributed by atoms with van der Waals surface area (Å²) >= 11 is 0. The fourth-order valence-corrected chi connectivity index (χ4v) is 1.56. The Morgan fingerprint density at radius 1 is 1.14 bits per heavy atom. The van der Waals surface area contributed by atoms with Gasteiger partial charge >= 0.3 is 0 Å². The van der Waals surface area contributed by atoms with Gasteiger partial charge in [-0.1, -0.05) is 13.8 Å². The number of aryl methyl sites for hydroxylation is 3. The Kier molecular flexibility index (Phi) is 3.23. The van der Waals surface area contributed by atoms with Crippen LogP contribution in [0.25, 0.3) is 10.9 Å². The molecule has 2 aromatic rings. The highest BCUT2D eigenvalue weighted by Gasteiger charge is 2.05. The van der Waals surface area contributed by atoms with Gasteiger partial charge in [-0.25, -0.2) is 0 Å². The fraction of sp³-hybridized carbons (Fsp3) is 0.455. The third-order valence-corrected chi connectivity index (χ3v) is 2.03. The van der Waals surface area contributed by atoms with Crippen LogP contribution in [0.1, 0.15) is 30.9 Å². The van der Waals surface area contributed by atoms with Crippen LogP contribution >= 0.6 is 0 Å². The second-order valence-corrected chi connectivity index (χ2v) is 3.09. The molecule has 0 amide bonds. The van der Waals surface area contributed by atoms with Gasteiger partial charge in [0.15, 0.2) is 0 Å². The van der Waals surface area contributed by atoms with E-state index in [-0.39, 0.29) is 0 Å². The van der Waals surface area contributed by atoms with Crippen molar-refractivity contribution in [3.05, 3.63) is 23.1 Å². The summed E-state index contributed by atoms with van der Waals surface area (Å²) in [5.74, 6) is 0. The van der Waals surface area contributed by atoms with Crippen LogP contribution in [0.4, 0.5) is 0 Å². The number of aromatic amines is 1. The second kappa shape index (κ2) is 4.22. The normalized spacial score (nSPS) is 9.79. The van der Waals surface area contributed by atoms with Crippen molar-refractivity contribution < 1.29 is 0 Å². The minimum Gasteiger partial charge on any atom is -0.282 e. The van der Waals surface area contributed by atoms with Gasteiger partial charge in [0.2, 0.25) is 0 Å². The van der Waals surface area contributed by atoms with Crippen LogP contribution in [0.15, 0.2) is 6.07 Å². The number of pyridine rings is 1. The zero-order valence-corrected chi connectivity index (χ0v) is 9.47. The maximum atomic E-state index is 4.37. The Balaban J connectivity index is 0.000000461. The molecule has 2 aromatic heterocycles. The summed E-state index contributed by atoms with van der Waals surface area (Å²) in [4.78, 5) is 4.37. The van der Waals surface area contributed by atoms with E-state index in [1.165, 1.54) is 0 Å². The van der Waals surface area contributed by atoms with Crippen molar-refractivity contribution in [3.8, 4) is 0 Å². The first-order valence-electron chi connectivity index (χ1n) is 4.97. The summed E-state index contributed by atoms with van der Waals surface area (Å²) in [5, 5.41) is 8.28. The number of aromatic nitrogens is 3. The molecule has 0 aromatic carbocycles. The Labute approximate surface area is 84.6 Å². The van der Waals surface area contributed by atoms with Crippen LogP contribution in [0.2, 0.25) is 0 Å². The van der Waals surface area contributed by atoms with Crippen LogP contribution in [0.5, 0.6) is 0 Å².